The first-order valence-electron chi connectivity index (χ1n) is 10.6. The van der Waals surface area contributed by atoms with Gasteiger partial charge < -0.3 is 16.2 Å². The number of aromatic hydroxyl groups is 1. The Labute approximate surface area is 203 Å². The summed E-state index contributed by atoms with van der Waals surface area (Å²) >= 11 is 0. The minimum absolute atomic E-state index is 0.0184. The van der Waals surface area contributed by atoms with Crippen molar-refractivity contribution in [2.45, 2.75) is 37.3 Å². The van der Waals surface area contributed by atoms with Crippen molar-refractivity contribution in [1.82, 2.24) is 34.5 Å². The quantitative estimate of drug-likeness (QED) is 0.336. The van der Waals surface area contributed by atoms with Gasteiger partial charge in [0.25, 0.3) is 0 Å². The Hall–Kier alpha value is -4.50. The smallest absolute Gasteiger partial charge is 0.453 e. The van der Waals surface area contributed by atoms with Gasteiger partial charge in [-0.3, -0.25) is 9.78 Å². The van der Waals surface area contributed by atoms with E-state index in [9.17, 15) is 31.9 Å². The first-order chi connectivity index (χ1) is 17.3. The van der Waals surface area contributed by atoms with Crippen molar-refractivity contribution < 1.29 is 31.9 Å². The summed E-state index contributed by atoms with van der Waals surface area (Å²) in [7, 11) is 0. The Morgan fingerprint density at radius 2 is 1.89 bits per heavy atom. The number of aromatic nitrogens is 7. The molecule has 0 bridgehead atoms. The van der Waals surface area contributed by atoms with Gasteiger partial charge in [0.15, 0.2) is 11.5 Å². The van der Waals surface area contributed by atoms with Crippen LogP contribution in [0.4, 0.5) is 33.6 Å². The van der Waals surface area contributed by atoms with Gasteiger partial charge in [-0.1, -0.05) is 0 Å². The number of nitrogens with one attached hydrogen (secondary N) is 1. The first-order valence-corrected chi connectivity index (χ1v) is 10.6. The molecule has 5 rings (SSSR count). The molecule has 1 aliphatic heterocycles. The van der Waals surface area contributed by atoms with E-state index >= 15 is 0 Å². The lowest BCUT2D eigenvalue weighted by Crippen LogP contribution is -2.36. The van der Waals surface area contributed by atoms with Crippen molar-refractivity contribution >= 4 is 23.2 Å². The van der Waals surface area contributed by atoms with E-state index in [0.29, 0.717) is 0 Å². The molecule has 5 heterocycles. The predicted molar refractivity (Wildman–Crippen MR) is 117 cm³/mol. The Morgan fingerprint density at radius 1 is 1.14 bits per heavy atom. The van der Waals surface area contributed by atoms with Gasteiger partial charge in [-0.15, -0.1) is 0 Å². The van der Waals surface area contributed by atoms with Crippen LogP contribution in [-0.4, -0.2) is 57.6 Å². The third kappa shape index (κ3) is 3.84. The van der Waals surface area contributed by atoms with Crippen molar-refractivity contribution in [2.24, 2.45) is 0 Å². The maximum atomic E-state index is 13.5. The Kier molecular flexibility index (Phi) is 5.24. The third-order valence-corrected chi connectivity index (χ3v) is 6.03. The number of nitrogen functional groups attached to an aromatic ring is 1. The summed E-state index contributed by atoms with van der Waals surface area (Å²) in [5.41, 5.74) is 5.02. The summed E-state index contributed by atoms with van der Waals surface area (Å²) < 4.78 is 66.2. The zero-order chi connectivity index (χ0) is 26.8. The molecule has 1 unspecified atom stereocenters. The molecule has 0 aromatic carbocycles. The van der Waals surface area contributed by atoms with Gasteiger partial charge in [-0.2, -0.15) is 27.1 Å². The summed E-state index contributed by atoms with van der Waals surface area (Å²) in [6, 6.07) is 2.80. The molecule has 0 spiro atoms. The fraction of sp³-hybridized carbons (Fsp3) is 0.286. The Morgan fingerprint density at radius 3 is 2.57 bits per heavy atom. The first kappa shape index (κ1) is 24.2. The van der Waals surface area contributed by atoms with Crippen LogP contribution in [-0.2, 0) is 16.6 Å². The average molecular weight is 521 g/mol. The van der Waals surface area contributed by atoms with E-state index in [2.05, 4.69) is 35.3 Å². The molecule has 0 saturated carbocycles. The second kappa shape index (κ2) is 8.01. The molecule has 11 nitrogen and oxygen atoms in total. The number of amides is 1. The summed E-state index contributed by atoms with van der Waals surface area (Å²) in [4.78, 5) is 33.6. The molecule has 37 heavy (non-hydrogen) atoms. The van der Waals surface area contributed by atoms with Crippen LogP contribution in [0.5, 0.6) is 5.75 Å². The van der Waals surface area contributed by atoms with Crippen molar-refractivity contribution in [3.05, 3.63) is 47.8 Å². The zero-order valence-electron chi connectivity index (χ0n) is 18.8. The molecule has 0 saturated heterocycles. The van der Waals surface area contributed by atoms with Gasteiger partial charge in [0.05, 0.1) is 29.3 Å². The number of pyridine rings is 1. The number of fused-ring (bicyclic) bond motifs is 2. The van der Waals surface area contributed by atoms with E-state index in [1.807, 2.05) is 0 Å². The minimum atomic E-state index is -5.72. The van der Waals surface area contributed by atoms with Crippen LogP contribution < -0.4 is 11.1 Å². The van der Waals surface area contributed by atoms with E-state index in [1.165, 1.54) is 24.5 Å². The van der Waals surface area contributed by atoms with Gasteiger partial charge in [-0.25, -0.2) is 24.5 Å². The van der Waals surface area contributed by atoms with Crippen LogP contribution in [0, 0.1) is 0 Å². The average Bonchev–Trinajstić information content (AvgIpc) is 3.40. The molecule has 0 radical (unpaired) electrons. The third-order valence-electron chi connectivity index (χ3n) is 6.03. The molecular weight excluding hydrogens is 505 g/mol. The monoisotopic (exact) mass is 521 g/mol. The number of halogens is 5. The number of alkyl halides is 5. The summed E-state index contributed by atoms with van der Waals surface area (Å²) in [5, 5.41) is 16.0. The number of anilines is 2. The lowest BCUT2D eigenvalue weighted by Gasteiger charge is -2.22. The summed E-state index contributed by atoms with van der Waals surface area (Å²) in [6.07, 6.45) is -4.50. The highest BCUT2D eigenvalue weighted by atomic mass is 19.4. The molecule has 4 N–H and O–H groups in total. The normalized spacial score (nSPS) is 17.7. The van der Waals surface area contributed by atoms with E-state index in [-0.39, 0.29) is 51.5 Å². The van der Waals surface area contributed by atoms with E-state index in [1.54, 1.807) is 6.92 Å². The van der Waals surface area contributed by atoms with Crippen LogP contribution in [0.2, 0.25) is 0 Å². The van der Waals surface area contributed by atoms with Gasteiger partial charge in [0.1, 0.15) is 34.8 Å². The maximum absolute atomic E-state index is 13.5. The molecule has 1 aliphatic rings. The highest BCUT2D eigenvalue weighted by Gasteiger charge is 2.56. The van der Waals surface area contributed by atoms with Crippen molar-refractivity contribution in [1.29, 1.82) is 0 Å². The molecule has 1 amide bonds. The molecule has 16 heteroatoms. The van der Waals surface area contributed by atoms with E-state index in [0.717, 1.165) is 10.8 Å². The van der Waals surface area contributed by atoms with Crippen molar-refractivity contribution in [3.8, 4) is 17.3 Å². The van der Waals surface area contributed by atoms with Gasteiger partial charge in [0, 0.05) is 6.42 Å². The van der Waals surface area contributed by atoms with Crippen LogP contribution in [0.1, 0.15) is 30.3 Å². The van der Waals surface area contributed by atoms with E-state index < -0.39 is 36.3 Å². The fourth-order valence-corrected chi connectivity index (χ4v) is 4.03. The summed E-state index contributed by atoms with van der Waals surface area (Å²) in [6.45, 7) is 1.55. The van der Waals surface area contributed by atoms with Gasteiger partial charge in [-0.05, 0) is 25.5 Å². The Bertz CT molecular complexity index is 1540. The molecule has 4 aromatic heterocycles. The fourth-order valence-electron chi connectivity index (χ4n) is 4.03. The molecule has 4 aromatic rings. The van der Waals surface area contributed by atoms with Crippen LogP contribution in [0.3, 0.4) is 0 Å². The molecule has 0 aliphatic carbocycles. The highest BCUT2D eigenvalue weighted by Crippen LogP contribution is 2.44. The number of aryl methyl sites for hydroxylation is 1. The second-order valence-corrected chi connectivity index (χ2v) is 8.44. The molecule has 0 fully saturated rings. The molecular formula is C21H16F5N9O2. The number of hydrogen-bond donors (Lipinski definition) is 3. The van der Waals surface area contributed by atoms with Crippen LogP contribution >= 0.6 is 0 Å². The number of carbonyl (C=O) groups is 1. The molecule has 192 valence electrons. The van der Waals surface area contributed by atoms with Crippen LogP contribution in [0.15, 0.2) is 30.9 Å². The number of nitrogens with zero attached hydrogens (tertiary/aromatic N) is 7. The maximum Gasteiger partial charge on any atom is 0.453 e. The van der Waals surface area contributed by atoms with Crippen LogP contribution in [0.25, 0.3) is 17.2 Å². The topological polar surface area (TPSA) is 157 Å². The van der Waals surface area contributed by atoms with Gasteiger partial charge >= 0.3 is 12.1 Å². The summed E-state index contributed by atoms with van der Waals surface area (Å²) in [5.74, 6) is -5.79. The largest absolute Gasteiger partial charge is 0.506 e. The van der Waals surface area contributed by atoms with Crippen molar-refractivity contribution in [3.63, 3.8) is 0 Å². The number of rotatable bonds is 5. The predicted octanol–water partition coefficient (Wildman–Crippen LogP) is 2.65. The Balaban J connectivity index is 1.57. The van der Waals surface area contributed by atoms with Crippen molar-refractivity contribution in [2.75, 3.05) is 11.1 Å². The zero-order valence-corrected chi connectivity index (χ0v) is 18.8. The second-order valence-electron chi connectivity index (χ2n) is 8.44. The number of hydrogen-bond acceptors (Lipinski definition) is 9. The lowest BCUT2D eigenvalue weighted by atomic mass is 9.81. The minimum Gasteiger partial charge on any atom is -0.506 e. The van der Waals surface area contributed by atoms with E-state index in [4.69, 9.17) is 5.73 Å². The lowest BCUT2D eigenvalue weighted by molar-refractivity contribution is -0.284. The van der Waals surface area contributed by atoms with Gasteiger partial charge in [0.2, 0.25) is 5.91 Å². The highest BCUT2D eigenvalue weighted by molar-refractivity contribution is 6.08. The standard InChI is InChI=1S/C21H16F5N9O2/c1-19(12-3-2-9(36)6-28-12)13-14(27)32-15(33-16(13)34-18(19)37)11-7-35-17(29-8-30-35)10(31-11)4-5-20(22,23)21(24,25)26/h2-3,6-8,36H,4-5H2,1H3,(H3,27,32,33,34,37). The molecule has 1 atom stereocenters. The number of nitrogens with two attached hydrogens (primary N) is 1. The SMILES string of the molecule is CC1(c2ccc(O)cn2)C(=O)Nc2nc(-c3cn4ncnc4c(CCC(F)(F)C(F)(F)F)n3)nc(N)c21. The number of carbonyl (C=O) groups excluding carboxylic acids is 1.